The maximum atomic E-state index is 11.0. The molecule has 0 bridgehead atoms. The fourth-order valence-electron chi connectivity index (χ4n) is 2.39. The molecule has 80 valence electrons. The van der Waals surface area contributed by atoms with E-state index in [1.165, 1.54) is 0 Å². The molecule has 1 aromatic rings. The van der Waals surface area contributed by atoms with Crippen molar-refractivity contribution < 1.29 is 15.0 Å². The number of phenolic OH excluding ortho intramolecular Hbond substituents is 1. The normalized spacial score (nSPS) is 24.6. The molecule has 3 heteroatoms. The predicted molar refractivity (Wildman–Crippen MR) is 56.0 cm³/mol. The van der Waals surface area contributed by atoms with Crippen molar-refractivity contribution in [3.05, 3.63) is 29.3 Å². The van der Waals surface area contributed by atoms with Crippen molar-refractivity contribution in [2.75, 3.05) is 0 Å². The van der Waals surface area contributed by atoms with Gasteiger partial charge in [0.1, 0.15) is 5.75 Å². The zero-order valence-corrected chi connectivity index (χ0v) is 8.60. The highest BCUT2D eigenvalue weighted by atomic mass is 16.4. The van der Waals surface area contributed by atoms with Gasteiger partial charge < -0.3 is 10.2 Å². The smallest absolute Gasteiger partial charge is 0.307 e. The molecule has 2 atom stereocenters. The summed E-state index contributed by atoms with van der Waals surface area (Å²) in [7, 11) is 0. The molecular weight excluding hydrogens is 192 g/mol. The zero-order valence-electron chi connectivity index (χ0n) is 8.60. The molecule has 0 saturated carbocycles. The van der Waals surface area contributed by atoms with Crippen molar-refractivity contribution >= 4 is 5.97 Å². The minimum Gasteiger partial charge on any atom is -0.508 e. The standard InChI is InChI=1S/C12H14O3/c1-7-8-3-2-4-11(13)10(8)6-5-9(7)12(14)15/h2-4,7,9,13H,5-6H2,1H3,(H,14,15). The largest absolute Gasteiger partial charge is 0.508 e. The highest BCUT2D eigenvalue weighted by Gasteiger charge is 2.32. The molecule has 0 saturated heterocycles. The molecule has 2 rings (SSSR count). The third-order valence-corrected chi connectivity index (χ3v) is 3.30. The summed E-state index contributed by atoms with van der Waals surface area (Å²) < 4.78 is 0. The SMILES string of the molecule is CC1c2cccc(O)c2CCC1C(=O)O. The first-order valence-corrected chi connectivity index (χ1v) is 5.15. The van der Waals surface area contributed by atoms with Gasteiger partial charge in [-0.05, 0) is 36.0 Å². The van der Waals surface area contributed by atoms with Crippen LogP contribution in [0.2, 0.25) is 0 Å². The number of benzene rings is 1. The Morgan fingerprint density at radius 3 is 2.87 bits per heavy atom. The molecule has 1 aromatic carbocycles. The Morgan fingerprint density at radius 1 is 1.47 bits per heavy atom. The van der Waals surface area contributed by atoms with Gasteiger partial charge in [0.2, 0.25) is 0 Å². The molecule has 1 aliphatic rings. The van der Waals surface area contributed by atoms with Gasteiger partial charge in [0.15, 0.2) is 0 Å². The van der Waals surface area contributed by atoms with E-state index >= 15 is 0 Å². The number of carboxylic acids is 1. The van der Waals surface area contributed by atoms with E-state index in [0.29, 0.717) is 18.6 Å². The molecule has 0 aromatic heterocycles. The average molecular weight is 206 g/mol. The molecule has 0 heterocycles. The number of phenols is 1. The van der Waals surface area contributed by atoms with Crippen LogP contribution in [0.1, 0.15) is 30.4 Å². The Morgan fingerprint density at radius 2 is 2.20 bits per heavy atom. The predicted octanol–water partition coefficient (Wildman–Crippen LogP) is 2.14. The lowest BCUT2D eigenvalue weighted by molar-refractivity contribution is -0.142. The Balaban J connectivity index is 2.42. The highest BCUT2D eigenvalue weighted by Crippen LogP contribution is 2.39. The Kier molecular flexibility index (Phi) is 2.39. The van der Waals surface area contributed by atoms with Crippen molar-refractivity contribution in [3.63, 3.8) is 0 Å². The van der Waals surface area contributed by atoms with Crippen LogP contribution in [0.4, 0.5) is 0 Å². The number of carbonyl (C=O) groups is 1. The Labute approximate surface area is 88.4 Å². The van der Waals surface area contributed by atoms with Crippen LogP contribution in [0.25, 0.3) is 0 Å². The Bertz CT molecular complexity index is 398. The molecule has 0 fully saturated rings. The van der Waals surface area contributed by atoms with Crippen molar-refractivity contribution in [3.8, 4) is 5.75 Å². The topological polar surface area (TPSA) is 57.5 Å². The van der Waals surface area contributed by atoms with E-state index in [-0.39, 0.29) is 11.8 Å². The molecular formula is C12H14O3. The first-order valence-electron chi connectivity index (χ1n) is 5.15. The van der Waals surface area contributed by atoms with E-state index in [1.807, 2.05) is 13.0 Å². The number of rotatable bonds is 1. The van der Waals surface area contributed by atoms with Gasteiger partial charge in [-0.1, -0.05) is 19.1 Å². The number of hydrogen-bond acceptors (Lipinski definition) is 2. The monoisotopic (exact) mass is 206 g/mol. The van der Waals surface area contributed by atoms with E-state index in [9.17, 15) is 9.90 Å². The van der Waals surface area contributed by atoms with Gasteiger partial charge in [-0.25, -0.2) is 0 Å². The van der Waals surface area contributed by atoms with E-state index in [2.05, 4.69) is 0 Å². The van der Waals surface area contributed by atoms with Crippen LogP contribution < -0.4 is 0 Å². The fraction of sp³-hybridized carbons (Fsp3) is 0.417. The number of hydrogen-bond donors (Lipinski definition) is 2. The van der Waals surface area contributed by atoms with E-state index < -0.39 is 5.97 Å². The summed E-state index contributed by atoms with van der Waals surface area (Å²) in [5, 5.41) is 18.7. The maximum absolute atomic E-state index is 11.0. The summed E-state index contributed by atoms with van der Waals surface area (Å²) >= 11 is 0. The Hall–Kier alpha value is -1.51. The second-order valence-corrected chi connectivity index (χ2v) is 4.12. The minimum absolute atomic E-state index is 0.0154. The summed E-state index contributed by atoms with van der Waals surface area (Å²) in [4.78, 5) is 11.0. The lowest BCUT2D eigenvalue weighted by atomic mass is 9.76. The second kappa shape index (κ2) is 3.57. The van der Waals surface area contributed by atoms with Gasteiger partial charge in [0.25, 0.3) is 0 Å². The summed E-state index contributed by atoms with van der Waals surface area (Å²) in [6.07, 6.45) is 1.27. The van der Waals surface area contributed by atoms with Crippen molar-refractivity contribution in [1.82, 2.24) is 0 Å². The molecule has 15 heavy (non-hydrogen) atoms. The van der Waals surface area contributed by atoms with Crippen molar-refractivity contribution in [2.24, 2.45) is 5.92 Å². The summed E-state index contributed by atoms with van der Waals surface area (Å²) in [6.45, 7) is 1.91. The first kappa shape index (κ1) is 10.0. The average Bonchev–Trinajstić information content (AvgIpc) is 2.19. The molecule has 2 N–H and O–H groups in total. The molecule has 0 radical (unpaired) electrons. The molecule has 0 amide bonds. The molecule has 0 aliphatic heterocycles. The van der Waals surface area contributed by atoms with Crippen LogP contribution in [0.15, 0.2) is 18.2 Å². The molecule has 2 unspecified atom stereocenters. The number of aliphatic carboxylic acids is 1. The third-order valence-electron chi connectivity index (χ3n) is 3.30. The van der Waals surface area contributed by atoms with E-state index in [4.69, 9.17) is 5.11 Å². The zero-order chi connectivity index (χ0) is 11.0. The summed E-state index contributed by atoms with van der Waals surface area (Å²) in [6, 6.07) is 5.34. The van der Waals surface area contributed by atoms with E-state index in [0.717, 1.165) is 11.1 Å². The highest BCUT2D eigenvalue weighted by molar-refractivity contribution is 5.72. The van der Waals surface area contributed by atoms with Gasteiger partial charge >= 0.3 is 5.97 Å². The van der Waals surface area contributed by atoms with E-state index in [1.54, 1.807) is 12.1 Å². The van der Waals surface area contributed by atoms with Crippen molar-refractivity contribution in [1.29, 1.82) is 0 Å². The summed E-state index contributed by atoms with van der Waals surface area (Å²) in [5.41, 5.74) is 1.90. The van der Waals surface area contributed by atoms with Crippen LogP contribution in [-0.4, -0.2) is 16.2 Å². The number of carboxylic acid groups (broad SMARTS) is 1. The van der Waals surface area contributed by atoms with Crippen LogP contribution in [0.5, 0.6) is 5.75 Å². The van der Waals surface area contributed by atoms with Crippen molar-refractivity contribution in [2.45, 2.75) is 25.7 Å². The summed E-state index contributed by atoms with van der Waals surface area (Å²) in [5.74, 6) is -0.780. The van der Waals surface area contributed by atoms with Gasteiger partial charge in [-0.15, -0.1) is 0 Å². The van der Waals surface area contributed by atoms with Gasteiger partial charge in [-0.3, -0.25) is 4.79 Å². The van der Waals surface area contributed by atoms with Crippen LogP contribution in [0.3, 0.4) is 0 Å². The van der Waals surface area contributed by atoms with Crippen LogP contribution in [-0.2, 0) is 11.2 Å². The quantitative estimate of drug-likeness (QED) is 0.740. The van der Waals surface area contributed by atoms with Crippen LogP contribution in [0, 0.1) is 5.92 Å². The van der Waals surface area contributed by atoms with Crippen LogP contribution >= 0.6 is 0 Å². The molecule has 0 spiro atoms. The van der Waals surface area contributed by atoms with Gasteiger partial charge in [0.05, 0.1) is 5.92 Å². The second-order valence-electron chi connectivity index (χ2n) is 4.12. The minimum atomic E-state index is -0.739. The fourth-order valence-corrected chi connectivity index (χ4v) is 2.39. The maximum Gasteiger partial charge on any atom is 0.307 e. The third kappa shape index (κ3) is 1.58. The first-order chi connectivity index (χ1) is 7.11. The van der Waals surface area contributed by atoms with Gasteiger partial charge in [-0.2, -0.15) is 0 Å². The number of aromatic hydroxyl groups is 1. The lowest BCUT2D eigenvalue weighted by Crippen LogP contribution is -2.25. The molecule has 3 nitrogen and oxygen atoms in total. The van der Waals surface area contributed by atoms with Gasteiger partial charge in [0, 0.05) is 0 Å². The number of fused-ring (bicyclic) bond motifs is 1. The lowest BCUT2D eigenvalue weighted by Gasteiger charge is -2.28. The molecule has 1 aliphatic carbocycles.